The van der Waals surface area contributed by atoms with Crippen LogP contribution < -0.4 is 10.6 Å². The molecule has 2 aliphatic heterocycles. The van der Waals surface area contributed by atoms with E-state index >= 15 is 0 Å². The maximum absolute atomic E-state index is 5.43. The third kappa shape index (κ3) is 3.70. The van der Waals surface area contributed by atoms with Crippen molar-refractivity contribution in [1.82, 2.24) is 10.6 Å². The third-order valence-corrected chi connectivity index (χ3v) is 3.63. The molecule has 2 N–H and O–H groups in total. The predicted molar refractivity (Wildman–Crippen MR) is 63.6 cm³/mol. The monoisotopic (exact) mass is 228 g/mol. The van der Waals surface area contributed by atoms with Crippen LogP contribution in [0.1, 0.15) is 19.8 Å². The van der Waals surface area contributed by atoms with Crippen molar-refractivity contribution >= 4 is 0 Å². The largest absolute Gasteiger partial charge is 0.381 e. The average molecular weight is 228 g/mol. The Morgan fingerprint density at radius 3 is 2.88 bits per heavy atom. The van der Waals surface area contributed by atoms with Gasteiger partial charge < -0.3 is 20.1 Å². The minimum absolute atomic E-state index is 0.535. The lowest BCUT2D eigenvalue weighted by molar-refractivity contribution is 0.0738. The Hall–Kier alpha value is -0.160. The van der Waals surface area contributed by atoms with Gasteiger partial charge in [-0.05, 0) is 32.2 Å². The van der Waals surface area contributed by atoms with Gasteiger partial charge in [0, 0.05) is 25.2 Å². The zero-order valence-electron chi connectivity index (χ0n) is 10.2. The van der Waals surface area contributed by atoms with E-state index in [1.165, 1.54) is 6.42 Å². The van der Waals surface area contributed by atoms with Gasteiger partial charge >= 0.3 is 0 Å². The molecule has 0 saturated carbocycles. The molecule has 0 aromatic heterocycles. The van der Waals surface area contributed by atoms with Crippen LogP contribution in [-0.2, 0) is 9.47 Å². The van der Waals surface area contributed by atoms with Crippen LogP contribution in [0.15, 0.2) is 0 Å². The van der Waals surface area contributed by atoms with Gasteiger partial charge in [-0.1, -0.05) is 0 Å². The molecule has 2 saturated heterocycles. The lowest BCUT2D eigenvalue weighted by atomic mass is 10.0. The Morgan fingerprint density at radius 1 is 1.31 bits per heavy atom. The first-order valence-corrected chi connectivity index (χ1v) is 6.48. The second kappa shape index (κ2) is 6.55. The summed E-state index contributed by atoms with van der Waals surface area (Å²) in [6, 6.07) is 1.11. The molecule has 0 aromatic rings. The first-order valence-electron chi connectivity index (χ1n) is 6.48. The van der Waals surface area contributed by atoms with Crippen LogP contribution in [-0.4, -0.2) is 51.6 Å². The molecule has 0 amide bonds. The van der Waals surface area contributed by atoms with E-state index in [2.05, 4.69) is 17.6 Å². The van der Waals surface area contributed by atoms with E-state index in [9.17, 15) is 0 Å². The Balaban J connectivity index is 1.56. The number of nitrogens with one attached hydrogen (secondary N) is 2. The molecule has 16 heavy (non-hydrogen) atoms. The smallest absolute Gasteiger partial charge is 0.0620 e. The minimum atomic E-state index is 0.535. The quantitative estimate of drug-likeness (QED) is 0.714. The summed E-state index contributed by atoms with van der Waals surface area (Å²) in [4.78, 5) is 0. The molecular formula is C12H24N2O2. The minimum Gasteiger partial charge on any atom is -0.381 e. The highest BCUT2D eigenvalue weighted by Crippen LogP contribution is 2.16. The van der Waals surface area contributed by atoms with Crippen molar-refractivity contribution in [3.05, 3.63) is 0 Å². The Morgan fingerprint density at radius 2 is 2.19 bits per heavy atom. The van der Waals surface area contributed by atoms with E-state index in [1.54, 1.807) is 0 Å². The lowest BCUT2D eigenvalue weighted by Crippen LogP contribution is -2.44. The third-order valence-electron chi connectivity index (χ3n) is 3.63. The number of ether oxygens (including phenoxy) is 2. The number of hydrogen-bond donors (Lipinski definition) is 2. The zero-order chi connectivity index (χ0) is 11.2. The molecule has 2 fully saturated rings. The molecule has 4 nitrogen and oxygen atoms in total. The van der Waals surface area contributed by atoms with Crippen LogP contribution >= 0.6 is 0 Å². The van der Waals surface area contributed by atoms with Crippen molar-refractivity contribution in [3.8, 4) is 0 Å². The summed E-state index contributed by atoms with van der Waals surface area (Å²) in [5.74, 6) is 0.704. The highest BCUT2D eigenvalue weighted by molar-refractivity contribution is 4.77. The van der Waals surface area contributed by atoms with E-state index in [-0.39, 0.29) is 0 Å². The van der Waals surface area contributed by atoms with Crippen molar-refractivity contribution in [2.24, 2.45) is 5.92 Å². The van der Waals surface area contributed by atoms with Crippen LogP contribution in [0.5, 0.6) is 0 Å². The average Bonchev–Trinajstić information content (AvgIpc) is 2.84. The second-order valence-electron chi connectivity index (χ2n) is 4.88. The van der Waals surface area contributed by atoms with E-state index in [0.717, 1.165) is 45.9 Å². The molecule has 0 aromatic carbocycles. The summed E-state index contributed by atoms with van der Waals surface area (Å²) in [6.07, 6.45) is 2.36. The van der Waals surface area contributed by atoms with Crippen LogP contribution in [0, 0.1) is 5.92 Å². The first-order chi connectivity index (χ1) is 7.86. The fraction of sp³-hybridized carbons (Fsp3) is 1.00. The van der Waals surface area contributed by atoms with E-state index in [4.69, 9.17) is 9.47 Å². The van der Waals surface area contributed by atoms with Crippen LogP contribution in [0.4, 0.5) is 0 Å². The SMILES string of the molecule is CC(NCCC1COCCN1)C1CCOC1. The van der Waals surface area contributed by atoms with E-state index < -0.39 is 0 Å². The van der Waals surface area contributed by atoms with Crippen molar-refractivity contribution in [3.63, 3.8) is 0 Å². The van der Waals surface area contributed by atoms with Gasteiger partial charge in [-0.15, -0.1) is 0 Å². The van der Waals surface area contributed by atoms with Crippen molar-refractivity contribution in [2.45, 2.75) is 31.8 Å². The van der Waals surface area contributed by atoms with Gasteiger partial charge in [-0.2, -0.15) is 0 Å². The number of morpholine rings is 1. The predicted octanol–water partition coefficient (Wildman–Crippen LogP) is 0.380. The van der Waals surface area contributed by atoms with Gasteiger partial charge in [0.1, 0.15) is 0 Å². The molecule has 0 aliphatic carbocycles. The van der Waals surface area contributed by atoms with Crippen molar-refractivity contribution in [1.29, 1.82) is 0 Å². The van der Waals surface area contributed by atoms with Gasteiger partial charge in [-0.25, -0.2) is 0 Å². The van der Waals surface area contributed by atoms with Crippen molar-refractivity contribution < 1.29 is 9.47 Å². The molecule has 3 unspecified atom stereocenters. The van der Waals surface area contributed by atoms with Crippen molar-refractivity contribution in [2.75, 3.05) is 39.5 Å². The Bertz CT molecular complexity index is 189. The molecule has 3 atom stereocenters. The fourth-order valence-electron chi connectivity index (χ4n) is 2.40. The highest BCUT2D eigenvalue weighted by atomic mass is 16.5. The topological polar surface area (TPSA) is 42.5 Å². The molecule has 2 aliphatic rings. The van der Waals surface area contributed by atoms with Gasteiger partial charge in [0.25, 0.3) is 0 Å². The zero-order valence-corrected chi connectivity index (χ0v) is 10.2. The summed E-state index contributed by atoms with van der Waals surface area (Å²) in [6.45, 7) is 7.93. The van der Waals surface area contributed by atoms with Gasteiger partial charge in [-0.3, -0.25) is 0 Å². The summed E-state index contributed by atoms with van der Waals surface area (Å²) in [5.41, 5.74) is 0. The van der Waals surface area contributed by atoms with E-state index in [0.29, 0.717) is 18.0 Å². The summed E-state index contributed by atoms with van der Waals surface area (Å²) in [7, 11) is 0. The highest BCUT2D eigenvalue weighted by Gasteiger charge is 2.22. The first kappa shape index (κ1) is 12.3. The molecule has 0 spiro atoms. The molecule has 4 heteroatoms. The van der Waals surface area contributed by atoms with E-state index in [1.807, 2.05) is 0 Å². The van der Waals surface area contributed by atoms with Gasteiger partial charge in [0.05, 0.1) is 19.8 Å². The number of rotatable bonds is 5. The standard InChI is InChI=1S/C12H24N2O2/c1-10(11-3-6-15-8-11)13-4-2-12-9-16-7-5-14-12/h10-14H,2-9H2,1H3. The summed E-state index contributed by atoms with van der Waals surface area (Å²) in [5, 5.41) is 7.07. The van der Waals surface area contributed by atoms with Crippen LogP contribution in [0.2, 0.25) is 0 Å². The summed E-state index contributed by atoms with van der Waals surface area (Å²) < 4.78 is 10.8. The Labute approximate surface area is 98.1 Å². The second-order valence-corrected chi connectivity index (χ2v) is 4.88. The number of hydrogen-bond acceptors (Lipinski definition) is 4. The summed E-state index contributed by atoms with van der Waals surface area (Å²) >= 11 is 0. The fourth-order valence-corrected chi connectivity index (χ4v) is 2.40. The normalized spacial score (nSPS) is 32.8. The van der Waals surface area contributed by atoms with Gasteiger partial charge in [0.15, 0.2) is 0 Å². The molecule has 94 valence electrons. The maximum atomic E-state index is 5.43. The molecule has 0 bridgehead atoms. The molecular weight excluding hydrogens is 204 g/mol. The van der Waals surface area contributed by atoms with Crippen LogP contribution in [0.3, 0.4) is 0 Å². The van der Waals surface area contributed by atoms with Gasteiger partial charge in [0.2, 0.25) is 0 Å². The molecule has 2 rings (SSSR count). The molecule has 0 radical (unpaired) electrons. The Kier molecular flexibility index (Phi) is 5.03. The van der Waals surface area contributed by atoms with Crippen LogP contribution in [0.25, 0.3) is 0 Å². The lowest BCUT2D eigenvalue weighted by Gasteiger charge is -2.25. The molecule has 2 heterocycles. The maximum Gasteiger partial charge on any atom is 0.0620 e.